The second kappa shape index (κ2) is 7.54. The lowest BCUT2D eigenvalue weighted by Crippen LogP contribution is -2.30. The van der Waals surface area contributed by atoms with Crippen molar-refractivity contribution in [3.63, 3.8) is 0 Å². The zero-order valence-corrected chi connectivity index (χ0v) is 16.7. The third kappa shape index (κ3) is 4.28. The molecule has 0 radical (unpaired) electrons. The van der Waals surface area contributed by atoms with Crippen LogP contribution in [-0.2, 0) is 28.3 Å². The first-order valence-electron chi connectivity index (χ1n) is 7.51. The fourth-order valence-electron chi connectivity index (χ4n) is 2.48. The number of rotatable bonds is 6. The van der Waals surface area contributed by atoms with Crippen LogP contribution in [0.15, 0.2) is 27.6 Å². The van der Waals surface area contributed by atoms with Gasteiger partial charge >= 0.3 is 0 Å². The number of carbonyl (C=O) groups is 1. The molecule has 0 bridgehead atoms. The molecular weight excluding hydrogens is 428 g/mol. The summed E-state index contributed by atoms with van der Waals surface area (Å²) < 4.78 is 28.4. The van der Waals surface area contributed by atoms with E-state index in [1.807, 2.05) is 18.6 Å². The predicted molar refractivity (Wildman–Crippen MR) is 97.1 cm³/mol. The van der Waals surface area contributed by atoms with E-state index in [9.17, 15) is 23.3 Å². The zero-order valence-electron chi connectivity index (χ0n) is 14.3. The minimum atomic E-state index is -4.20. The monoisotopic (exact) mass is 444 g/mol. The Hall–Kier alpha value is -2.27. The molecule has 1 heterocycles. The van der Waals surface area contributed by atoms with Gasteiger partial charge in [0.25, 0.3) is 15.7 Å². The second-order valence-electron chi connectivity index (χ2n) is 5.67. The van der Waals surface area contributed by atoms with E-state index in [1.54, 1.807) is 11.7 Å². The largest absolute Gasteiger partial charge is 0.284 e. The van der Waals surface area contributed by atoms with Crippen molar-refractivity contribution in [3.05, 3.63) is 49.7 Å². The lowest BCUT2D eigenvalue weighted by Gasteiger charge is -2.08. The van der Waals surface area contributed by atoms with E-state index in [-0.39, 0.29) is 15.8 Å². The van der Waals surface area contributed by atoms with Gasteiger partial charge in [-0.15, -0.1) is 0 Å². The van der Waals surface area contributed by atoms with E-state index in [1.165, 1.54) is 12.1 Å². The second-order valence-corrected chi connectivity index (χ2v) is 8.21. The Balaban J connectivity index is 2.13. The first-order chi connectivity index (χ1) is 12.0. The van der Waals surface area contributed by atoms with Crippen molar-refractivity contribution in [1.29, 1.82) is 0 Å². The number of amides is 1. The highest BCUT2D eigenvalue weighted by Crippen LogP contribution is 2.27. The van der Waals surface area contributed by atoms with Crippen LogP contribution in [0.4, 0.5) is 5.69 Å². The predicted octanol–water partition coefficient (Wildman–Crippen LogP) is 2.15. The summed E-state index contributed by atoms with van der Waals surface area (Å²) in [5.41, 5.74) is 2.17. The van der Waals surface area contributed by atoms with Gasteiger partial charge in [0.05, 0.1) is 20.0 Å². The van der Waals surface area contributed by atoms with Crippen LogP contribution in [0.5, 0.6) is 0 Å². The average molecular weight is 445 g/mol. The van der Waals surface area contributed by atoms with Gasteiger partial charge in [-0.25, -0.2) is 13.1 Å². The van der Waals surface area contributed by atoms with Gasteiger partial charge in [0.15, 0.2) is 0 Å². The maximum Gasteiger partial charge on any atom is 0.284 e. The highest BCUT2D eigenvalue weighted by molar-refractivity contribution is 9.10. The molecule has 0 atom stereocenters. The van der Waals surface area contributed by atoms with E-state index in [0.717, 1.165) is 23.0 Å². The molecule has 2 aromatic rings. The Labute approximate surface area is 158 Å². The summed E-state index contributed by atoms with van der Waals surface area (Å²) >= 11 is 2.98. The fourth-order valence-corrected chi connectivity index (χ4v) is 3.90. The first kappa shape index (κ1) is 20.0. The quantitative estimate of drug-likeness (QED) is 0.537. The SMILES string of the molecule is Cc1nn(C)c(C)c1CCC(=O)NS(=O)(=O)c1ccc(Br)c([N+](=O)[O-])c1. The smallest absolute Gasteiger partial charge is 0.274 e. The number of carbonyl (C=O) groups excluding carboxylic acids is 1. The highest BCUT2D eigenvalue weighted by atomic mass is 79.9. The minimum absolute atomic E-state index is 0.0504. The van der Waals surface area contributed by atoms with Crippen LogP contribution in [-0.4, -0.2) is 29.0 Å². The number of sulfonamides is 1. The highest BCUT2D eigenvalue weighted by Gasteiger charge is 2.22. The van der Waals surface area contributed by atoms with Gasteiger partial charge in [-0.1, -0.05) is 0 Å². The van der Waals surface area contributed by atoms with Crippen molar-refractivity contribution in [2.24, 2.45) is 7.05 Å². The number of aromatic nitrogens is 2. The van der Waals surface area contributed by atoms with Crippen LogP contribution in [0.1, 0.15) is 23.4 Å². The van der Waals surface area contributed by atoms with Crippen molar-refractivity contribution in [2.45, 2.75) is 31.6 Å². The molecule has 1 N–H and O–H groups in total. The molecule has 0 fully saturated rings. The average Bonchev–Trinajstić information content (AvgIpc) is 2.77. The molecule has 2 rings (SSSR count). The number of benzene rings is 1. The molecule has 1 amide bonds. The summed E-state index contributed by atoms with van der Waals surface area (Å²) in [5.74, 6) is -0.696. The number of nitro groups is 1. The van der Waals surface area contributed by atoms with Gasteiger partial charge in [-0.05, 0) is 53.9 Å². The maximum absolute atomic E-state index is 12.3. The molecule has 1 aromatic heterocycles. The third-order valence-corrected chi connectivity index (χ3v) is 5.98. The first-order valence-corrected chi connectivity index (χ1v) is 9.79. The molecule has 11 heteroatoms. The van der Waals surface area contributed by atoms with Gasteiger partial charge in [0.1, 0.15) is 0 Å². The number of nitro benzene ring substituents is 1. The Morgan fingerprint density at radius 3 is 2.58 bits per heavy atom. The fraction of sp³-hybridized carbons (Fsp3) is 0.333. The summed E-state index contributed by atoms with van der Waals surface area (Å²) in [5, 5.41) is 15.2. The van der Waals surface area contributed by atoms with E-state index in [4.69, 9.17) is 0 Å². The topological polar surface area (TPSA) is 124 Å². The van der Waals surface area contributed by atoms with Crippen LogP contribution in [0.25, 0.3) is 0 Å². The number of nitrogens with one attached hydrogen (secondary N) is 1. The third-order valence-electron chi connectivity index (χ3n) is 3.93. The molecular formula is C15H17BrN4O5S. The van der Waals surface area contributed by atoms with E-state index in [0.29, 0.717) is 6.42 Å². The molecule has 26 heavy (non-hydrogen) atoms. The normalized spacial score (nSPS) is 11.4. The molecule has 0 aliphatic heterocycles. The summed E-state index contributed by atoms with van der Waals surface area (Å²) in [6.45, 7) is 3.68. The molecule has 9 nitrogen and oxygen atoms in total. The Bertz CT molecular complexity index is 984. The van der Waals surface area contributed by atoms with E-state index in [2.05, 4.69) is 21.0 Å². The molecule has 1 aromatic carbocycles. The number of nitrogens with zero attached hydrogens (tertiary/aromatic N) is 3. The molecule has 0 saturated carbocycles. The Morgan fingerprint density at radius 2 is 2.04 bits per heavy atom. The Kier molecular flexibility index (Phi) is 5.81. The van der Waals surface area contributed by atoms with Crippen LogP contribution >= 0.6 is 15.9 Å². The van der Waals surface area contributed by atoms with Crippen molar-refractivity contribution in [1.82, 2.24) is 14.5 Å². The summed E-state index contributed by atoms with van der Waals surface area (Å²) in [4.78, 5) is 21.9. The van der Waals surface area contributed by atoms with Crippen LogP contribution in [0.3, 0.4) is 0 Å². The molecule has 0 spiro atoms. The molecule has 140 valence electrons. The maximum atomic E-state index is 12.3. The van der Waals surface area contributed by atoms with Crippen LogP contribution in [0, 0.1) is 24.0 Å². The standard InChI is InChI=1S/C15H17BrN4O5S/c1-9-12(10(2)19(3)17-9)5-7-15(21)18-26(24,25)11-4-6-13(16)14(8-11)20(22)23/h4,6,8H,5,7H2,1-3H3,(H,18,21). The van der Waals surface area contributed by atoms with Crippen LogP contribution in [0.2, 0.25) is 0 Å². The lowest BCUT2D eigenvalue weighted by molar-refractivity contribution is -0.385. The molecule has 0 unspecified atom stereocenters. The number of aryl methyl sites for hydroxylation is 2. The molecule has 0 aliphatic rings. The number of halogens is 1. The van der Waals surface area contributed by atoms with Crippen LogP contribution < -0.4 is 4.72 Å². The van der Waals surface area contributed by atoms with E-state index < -0.39 is 26.5 Å². The van der Waals surface area contributed by atoms with Gasteiger partial charge in [-0.2, -0.15) is 5.10 Å². The minimum Gasteiger partial charge on any atom is -0.274 e. The van der Waals surface area contributed by atoms with Gasteiger partial charge in [0, 0.05) is 25.2 Å². The summed E-state index contributed by atoms with van der Waals surface area (Å²) in [6, 6.07) is 3.33. The van der Waals surface area contributed by atoms with Crippen molar-refractivity contribution in [3.8, 4) is 0 Å². The zero-order chi connectivity index (χ0) is 19.6. The number of hydrogen-bond acceptors (Lipinski definition) is 6. The summed E-state index contributed by atoms with van der Waals surface area (Å²) in [7, 11) is -2.41. The van der Waals surface area contributed by atoms with Crippen molar-refractivity contribution in [2.75, 3.05) is 0 Å². The molecule has 0 saturated heterocycles. The van der Waals surface area contributed by atoms with Crippen molar-refractivity contribution < 1.29 is 18.1 Å². The van der Waals surface area contributed by atoms with Gasteiger partial charge < -0.3 is 0 Å². The number of hydrogen-bond donors (Lipinski definition) is 1. The van der Waals surface area contributed by atoms with Gasteiger partial charge in [0.2, 0.25) is 5.91 Å². The van der Waals surface area contributed by atoms with E-state index >= 15 is 0 Å². The molecule has 0 aliphatic carbocycles. The summed E-state index contributed by atoms with van der Waals surface area (Å²) in [6.07, 6.45) is 0.290. The van der Waals surface area contributed by atoms with Gasteiger partial charge in [-0.3, -0.25) is 19.6 Å². The lowest BCUT2D eigenvalue weighted by atomic mass is 10.1. The Morgan fingerprint density at radius 1 is 1.38 bits per heavy atom. The van der Waals surface area contributed by atoms with Crippen molar-refractivity contribution >= 4 is 37.5 Å².